The summed E-state index contributed by atoms with van der Waals surface area (Å²) in [5.74, 6) is 0.0248. The maximum Gasteiger partial charge on any atom is 0.249 e. The van der Waals surface area contributed by atoms with Gasteiger partial charge in [0, 0.05) is 54.3 Å². The number of carbonyl (C=O) groups is 3. The molecule has 0 saturated carbocycles. The summed E-state index contributed by atoms with van der Waals surface area (Å²) in [5.41, 5.74) is 1.30. The lowest BCUT2D eigenvalue weighted by atomic mass is 9.87. The number of amides is 3. The van der Waals surface area contributed by atoms with Crippen LogP contribution in [-0.2, 0) is 20.8 Å². The molecule has 182 valence electrons. The van der Waals surface area contributed by atoms with Gasteiger partial charge in [0.2, 0.25) is 17.7 Å². The molecule has 1 heterocycles. The van der Waals surface area contributed by atoms with Gasteiger partial charge in [0.1, 0.15) is 6.10 Å². The summed E-state index contributed by atoms with van der Waals surface area (Å²) in [6, 6.07) is 8.05. The predicted molar refractivity (Wildman–Crippen MR) is 130 cm³/mol. The van der Waals surface area contributed by atoms with E-state index >= 15 is 0 Å². The standard InChI is InChI=1S/C23H34N4O5S/c1-23(2,15-28)21(31)22(32)26-10-8-19(29)25-11-12-33-14-20(30)24-9-7-16-13-27-18-6-4-3-5-17(16)18/h3-6,13,21,27-28,31H,7-12,14-15H2,1-2H3,(H,24,30)(H,25,29)(H,26,32)/t21-/m0/s1. The second-order valence-corrected chi connectivity index (χ2v) is 9.56. The van der Waals surface area contributed by atoms with Gasteiger partial charge in [0.15, 0.2) is 0 Å². The van der Waals surface area contributed by atoms with E-state index in [0.29, 0.717) is 24.6 Å². The van der Waals surface area contributed by atoms with Crippen LogP contribution in [0, 0.1) is 5.41 Å². The molecule has 9 nitrogen and oxygen atoms in total. The van der Waals surface area contributed by atoms with Crippen LogP contribution in [0.15, 0.2) is 30.5 Å². The van der Waals surface area contributed by atoms with Crippen molar-refractivity contribution in [3.63, 3.8) is 0 Å². The molecular formula is C23H34N4O5S. The molecule has 3 amide bonds. The number of rotatable bonds is 14. The Bertz CT molecular complexity index is 930. The molecule has 0 fully saturated rings. The number of thioether (sulfide) groups is 1. The van der Waals surface area contributed by atoms with Crippen LogP contribution in [-0.4, -0.2) is 76.8 Å². The van der Waals surface area contributed by atoms with Crippen LogP contribution in [0.5, 0.6) is 0 Å². The summed E-state index contributed by atoms with van der Waals surface area (Å²) >= 11 is 1.43. The van der Waals surface area contributed by atoms with Gasteiger partial charge in [-0.25, -0.2) is 0 Å². The number of aliphatic hydroxyl groups is 2. The van der Waals surface area contributed by atoms with Crippen LogP contribution in [0.4, 0.5) is 0 Å². The Balaban J connectivity index is 1.50. The van der Waals surface area contributed by atoms with Crippen LogP contribution in [0.2, 0.25) is 0 Å². The number of benzene rings is 1. The van der Waals surface area contributed by atoms with Crippen molar-refractivity contribution in [1.82, 2.24) is 20.9 Å². The zero-order chi connectivity index (χ0) is 24.3. The van der Waals surface area contributed by atoms with Crippen LogP contribution in [0.1, 0.15) is 25.8 Å². The molecule has 0 aliphatic carbocycles. The normalized spacial score (nSPS) is 12.4. The Labute approximate surface area is 198 Å². The van der Waals surface area contributed by atoms with Gasteiger partial charge in [-0.3, -0.25) is 14.4 Å². The molecule has 1 aromatic heterocycles. The van der Waals surface area contributed by atoms with Crippen LogP contribution in [0.3, 0.4) is 0 Å². The zero-order valence-electron chi connectivity index (χ0n) is 19.1. The molecular weight excluding hydrogens is 444 g/mol. The Kier molecular flexibility index (Phi) is 10.7. The number of hydrogen-bond acceptors (Lipinski definition) is 6. The molecule has 0 saturated heterocycles. The molecule has 0 spiro atoms. The van der Waals surface area contributed by atoms with E-state index in [4.69, 9.17) is 0 Å². The molecule has 0 radical (unpaired) electrons. The van der Waals surface area contributed by atoms with E-state index in [9.17, 15) is 24.6 Å². The average Bonchev–Trinajstić information content (AvgIpc) is 3.21. The number of para-hydroxylation sites is 1. The third kappa shape index (κ3) is 8.71. The molecule has 0 aliphatic rings. The topological polar surface area (TPSA) is 144 Å². The van der Waals surface area contributed by atoms with Crippen molar-refractivity contribution in [2.24, 2.45) is 5.41 Å². The molecule has 2 aromatic rings. The van der Waals surface area contributed by atoms with Gasteiger partial charge in [-0.15, -0.1) is 0 Å². The number of carbonyl (C=O) groups excluding carboxylic acids is 3. The lowest BCUT2D eigenvalue weighted by molar-refractivity contribution is -0.137. The molecule has 1 aromatic carbocycles. The van der Waals surface area contributed by atoms with Gasteiger partial charge in [-0.1, -0.05) is 32.0 Å². The first-order chi connectivity index (χ1) is 15.7. The van der Waals surface area contributed by atoms with E-state index < -0.39 is 17.4 Å². The number of fused-ring (bicyclic) bond motifs is 1. The number of aliphatic hydroxyl groups excluding tert-OH is 2. The molecule has 6 N–H and O–H groups in total. The van der Waals surface area contributed by atoms with Gasteiger partial charge >= 0.3 is 0 Å². The SMILES string of the molecule is CC(C)(CO)[C@@H](O)C(=O)NCCC(=O)NCCSCC(=O)NCCc1c[nH]c2ccccc12. The molecule has 0 bridgehead atoms. The minimum Gasteiger partial charge on any atom is -0.396 e. The lowest BCUT2D eigenvalue weighted by Crippen LogP contribution is -2.46. The summed E-state index contributed by atoms with van der Waals surface area (Å²) in [6.07, 6.45) is 1.45. The van der Waals surface area contributed by atoms with Crippen molar-refractivity contribution in [2.45, 2.75) is 32.8 Å². The van der Waals surface area contributed by atoms with E-state index in [0.717, 1.165) is 11.9 Å². The van der Waals surface area contributed by atoms with Gasteiger partial charge in [0.05, 0.1) is 12.4 Å². The minimum atomic E-state index is -1.35. The number of aromatic amines is 1. The molecule has 2 rings (SSSR count). The fourth-order valence-corrected chi connectivity index (χ4v) is 3.76. The minimum absolute atomic E-state index is 0.0433. The first-order valence-corrected chi connectivity index (χ1v) is 12.1. The quantitative estimate of drug-likeness (QED) is 0.219. The van der Waals surface area contributed by atoms with E-state index in [1.807, 2.05) is 24.4 Å². The molecule has 1 atom stereocenters. The number of H-pyrrole nitrogens is 1. The van der Waals surface area contributed by atoms with E-state index in [1.54, 1.807) is 13.8 Å². The summed E-state index contributed by atoms with van der Waals surface area (Å²) < 4.78 is 0. The van der Waals surface area contributed by atoms with Crippen molar-refractivity contribution in [3.8, 4) is 0 Å². The molecule has 0 aliphatic heterocycles. The summed E-state index contributed by atoms with van der Waals surface area (Å²) in [7, 11) is 0. The van der Waals surface area contributed by atoms with Crippen molar-refractivity contribution in [1.29, 1.82) is 0 Å². The maximum absolute atomic E-state index is 12.0. The van der Waals surface area contributed by atoms with Crippen LogP contribution >= 0.6 is 11.8 Å². The number of nitrogens with one attached hydrogen (secondary N) is 4. The van der Waals surface area contributed by atoms with Crippen molar-refractivity contribution in [3.05, 3.63) is 36.0 Å². The Morgan fingerprint density at radius 1 is 1.06 bits per heavy atom. The first-order valence-electron chi connectivity index (χ1n) is 11.0. The second kappa shape index (κ2) is 13.2. The predicted octanol–water partition coefficient (Wildman–Crippen LogP) is 0.562. The monoisotopic (exact) mass is 478 g/mol. The van der Waals surface area contributed by atoms with Crippen molar-refractivity contribution >= 4 is 40.4 Å². The molecule has 33 heavy (non-hydrogen) atoms. The van der Waals surface area contributed by atoms with Gasteiger partial charge < -0.3 is 31.1 Å². The summed E-state index contributed by atoms with van der Waals surface area (Å²) in [6.45, 7) is 3.89. The van der Waals surface area contributed by atoms with Gasteiger partial charge in [-0.05, 0) is 18.1 Å². The summed E-state index contributed by atoms with van der Waals surface area (Å²) in [5, 5.41) is 28.4. The highest BCUT2D eigenvalue weighted by molar-refractivity contribution is 7.99. The highest BCUT2D eigenvalue weighted by Crippen LogP contribution is 2.19. The van der Waals surface area contributed by atoms with Crippen molar-refractivity contribution < 1.29 is 24.6 Å². The molecule has 0 unspecified atom stereocenters. The van der Waals surface area contributed by atoms with E-state index in [1.165, 1.54) is 22.7 Å². The van der Waals surface area contributed by atoms with E-state index in [2.05, 4.69) is 27.0 Å². The van der Waals surface area contributed by atoms with E-state index in [-0.39, 0.29) is 31.4 Å². The Morgan fingerprint density at radius 2 is 1.79 bits per heavy atom. The third-order valence-corrected chi connectivity index (χ3v) is 6.20. The summed E-state index contributed by atoms with van der Waals surface area (Å²) in [4.78, 5) is 38.9. The fraction of sp³-hybridized carbons (Fsp3) is 0.522. The fourth-order valence-electron chi connectivity index (χ4n) is 3.08. The molecule has 10 heteroatoms. The largest absolute Gasteiger partial charge is 0.396 e. The Morgan fingerprint density at radius 3 is 2.55 bits per heavy atom. The zero-order valence-corrected chi connectivity index (χ0v) is 20.0. The number of aromatic nitrogens is 1. The smallest absolute Gasteiger partial charge is 0.249 e. The first kappa shape index (κ1) is 26.7. The van der Waals surface area contributed by atoms with Crippen molar-refractivity contribution in [2.75, 3.05) is 37.7 Å². The van der Waals surface area contributed by atoms with Crippen LogP contribution < -0.4 is 16.0 Å². The lowest BCUT2D eigenvalue weighted by Gasteiger charge is -2.27. The van der Waals surface area contributed by atoms with Gasteiger partial charge in [-0.2, -0.15) is 11.8 Å². The second-order valence-electron chi connectivity index (χ2n) is 8.45. The van der Waals surface area contributed by atoms with Gasteiger partial charge in [0.25, 0.3) is 0 Å². The van der Waals surface area contributed by atoms with Crippen LogP contribution in [0.25, 0.3) is 10.9 Å². The highest BCUT2D eigenvalue weighted by atomic mass is 32.2. The maximum atomic E-state index is 12.0. The third-order valence-electron chi connectivity index (χ3n) is 5.24. The average molecular weight is 479 g/mol. The Hall–Kier alpha value is -2.56. The highest BCUT2D eigenvalue weighted by Gasteiger charge is 2.32. The number of hydrogen-bond donors (Lipinski definition) is 6.